The third-order valence-corrected chi connectivity index (χ3v) is 3.56. The molecular formula is C19H25N3O4. The number of benzene rings is 1. The molecule has 7 nitrogen and oxygen atoms in total. The second kappa shape index (κ2) is 8.51. The average Bonchev–Trinajstić information content (AvgIpc) is 3.05. The van der Waals surface area contributed by atoms with Gasteiger partial charge in [-0.05, 0) is 26.3 Å². The van der Waals surface area contributed by atoms with Gasteiger partial charge in [0.25, 0.3) is 0 Å². The number of carbonyl (C=O) groups is 2. The summed E-state index contributed by atoms with van der Waals surface area (Å²) in [5, 5.41) is 6.93. The van der Waals surface area contributed by atoms with E-state index in [0.29, 0.717) is 6.42 Å². The summed E-state index contributed by atoms with van der Waals surface area (Å²) >= 11 is 0. The highest BCUT2D eigenvalue weighted by molar-refractivity contribution is 5.74. The third-order valence-electron chi connectivity index (χ3n) is 3.56. The van der Waals surface area contributed by atoms with E-state index in [9.17, 15) is 9.59 Å². The molecule has 0 spiro atoms. The normalized spacial score (nSPS) is 12.3. The summed E-state index contributed by atoms with van der Waals surface area (Å²) < 4.78 is 11.7. The highest BCUT2D eigenvalue weighted by Crippen LogP contribution is 2.16. The van der Waals surface area contributed by atoms with Crippen molar-refractivity contribution in [3.8, 4) is 0 Å². The lowest BCUT2D eigenvalue weighted by atomic mass is 10.1. The van der Waals surface area contributed by atoms with Gasteiger partial charge in [-0.15, -0.1) is 0 Å². The Kier molecular flexibility index (Phi) is 6.38. The Labute approximate surface area is 153 Å². The molecule has 1 aromatic carbocycles. The fourth-order valence-electron chi connectivity index (χ4n) is 2.39. The van der Waals surface area contributed by atoms with E-state index >= 15 is 0 Å². The first-order chi connectivity index (χ1) is 12.3. The number of hydrogen-bond acceptors (Lipinski definition) is 5. The van der Waals surface area contributed by atoms with Crippen LogP contribution in [0.2, 0.25) is 0 Å². The molecular weight excluding hydrogens is 334 g/mol. The van der Waals surface area contributed by atoms with E-state index in [-0.39, 0.29) is 12.5 Å². The molecule has 0 bridgehead atoms. The summed E-state index contributed by atoms with van der Waals surface area (Å²) in [6.45, 7) is 5.66. The second-order valence-electron chi connectivity index (χ2n) is 6.91. The Morgan fingerprint density at radius 2 is 1.88 bits per heavy atom. The van der Waals surface area contributed by atoms with Crippen LogP contribution in [0.1, 0.15) is 37.9 Å². The van der Waals surface area contributed by atoms with Crippen molar-refractivity contribution in [3.63, 3.8) is 0 Å². The van der Waals surface area contributed by atoms with E-state index in [1.54, 1.807) is 37.8 Å². The number of carbonyl (C=O) groups excluding carboxylic acids is 2. The monoisotopic (exact) mass is 359 g/mol. The van der Waals surface area contributed by atoms with Crippen molar-refractivity contribution in [1.29, 1.82) is 0 Å². The summed E-state index contributed by atoms with van der Waals surface area (Å²) in [4.78, 5) is 23.9. The fourth-order valence-corrected chi connectivity index (χ4v) is 2.39. The van der Waals surface area contributed by atoms with Crippen LogP contribution in [0.15, 0.2) is 42.7 Å². The molecule has 1 aromatic heterocycles. The minimum absolute atomic E-state index is 0.258. The van der Waals surface area contributed by atoms with Crippen LogP contribution in [0.25, 0.3) is 0 Å². The summed E-state index contributed by atoms with van der Waals surface area (Å²) in [7, 11) is 1.36. The molecule has 0 unspecified atom stereocenters. The van der Waals surface area contributed by atoms with Crippen LogP contribution in [0, 0.1) is 0 Å². The molecule has 140 valence electrons. The average molecular weight is 359 g/mol. The largest absolute Gasteiger partial charge is 0.467 e. The molecule has 26 heavy (non-hydrogen) atoms. The first kappa shape index (κ1) is 19.5. The van der Waals surface area contributed by atoms with Crippen molar-refractivity contribution in [2.24, 2.45) is 0 Å². The number of nitrogens with zero attached hydrogens (tertiary/aromatic N) is 2. The molecule has 0 saturated carbocycles. The number of alkyl carbamates (subject to hydrolysis) is 1. The lowest BCUT2D eigenvalue weighted by Crippen LogP contribution is -2.32. The molecule has 1 N–H and O–H groups in total. The van der Waals surface area contributed by atoms with Crippen LogP contribution in [0.5, 0.6) is 0 Å². The Morgan fingerprint density at radius 1 is 1.19 bits per heavy atom. The minimum Gasteiger partial charge on any atom is -0.467 e. The Balaban J connectivity index is 2.04. The zero-order valence-corrected chi connectivity index (χ0v) is 15.6. The standard InChI is InChI=1S/C19H25N3O4/c1-19(2,3)26-18(24)20-11-15-12-21-22(13-15)16(17(23)25-4)10-14-8-6-5-7-9-14/h5-9,12-13,16H,10-11H2,1-4H3,(H,20,24)/t16-/m0/s1. The van der Waals surface area contributed by atoms with Gasteiger partial charge in [-0.25, -0.2) is 9.59 Å². The van der Waals surface area contributed by atoms with Gasteiger partial charge in [0, 0.05) is 24.7 Å². The van der Waals surface area contributed by atoms with Gasteiger partial charge in [0.1, 0.15) is 5.60 Å². The highest BCUT2D eigenvalue weighted by atomic mass is 16.6. The quantitative estimate of drug-likeness (QED) is 0.802. The number of hydrogen-bond donors (Lipinski definition) is 1. The number of rotatable bonds is 6. The molecule has 1 heterocycles. The van der Waals surface area contributed by atoms with Gasteiger partial charge in [-0.3, -0.25) is 4.68 Å². The fraction of sp³-hybridized carbons (Fsp3) is 0.421. The summed E-state index contributed by atoms with van der Waals surface area (Å²) in [5.74, 6) is -0.372. The smallest absolute Gasteiger partial charge is 0.407 e. The van der Waals surface area contributed by atoms with Crippen LogP contribution in [-0.4, -0.2) is 34.6 Å². The topological polar surface area (TPSA) is 82.5 Å². The lowest BCUT2D eigenvalue weighted by molar-refractivity contribution is -0.144. The van der Waals surface area contributed by atoms with E-state index in [2.05, 4.69) is 10.4 Å². The SMILES string of the molecule is COC(=O)[C@H](Cc1ccccc1)n1cc(CNC(=O)OC(C)(C)C)cn1. The van der Waals surface area contributed by atoms with Crippen molar-refractivity contribution in [3.05, 3.63) is 53.9 Å². The van der Waals surface area contributed by atoms with Gasteiger partial charge in [-0.1, -0.05) is 30.3 Å². The van der Waals surface area contributed by atoms with E-state index < -0.39 is 17.7 Å². The van der Waals surface area contributed by atoms with Gasteiger partial charge in [-0.2, -0.15) is 5.10 Å². The second-order valence-corrected chi connectivity index (χ2v) is 6.91. The van der Waals surface area contributed by atoms with Crippen molar-refractivity contribution in [2.75, 3.05) is 7.11 Å². The van der Waals surface area contributed by atoms with Gasteiger partial charge >= 0.3 is 12.1 Å². The lowest BCUT2D eigenvalue weighted by Gasteiger charge is -2.19. The molecule has 0 fully saturated rings. The molecule has 0 saturated heterocycles. The maximum atomic E-state index is 12.2. The van der Waals surface area contributed by atoms with Crippen molar-refractivity contribution in [1.82, 2.24) is 15.1 Å². The van der Waals surface area contributed by atoms with E-state index in [0.717, 1.165) is 11.1 Å². The van der Waals surface area contributed by atoms with Crippen molar-refractivity contribution < 1.29 is 19.1 Å². The first-order valence-corrected chi connectivity index (χ1v) is 8.40. The molecule has 0 aliphatic heterocycles. The Morgan fingerprint density at radius 3 is 2.50 bits per heavy atom. The maximum absolute atomic E-state index is 12.2. The zero-order chi connectivity index (χ0) is 19.2. The first-order valence-electron chi connectivity index (χ1n) is 8.40. The summed E-state index contributed by atoms with van der Waals surface area (Å²) in [6, 6.07) is 9.09. The van der Waals surface area contributed by atoms with Crippen LogP contribution in [0.3, 0.4) is 0 Å². The zero-order valence-electron chi connectivity index (χ0n) is 15.6. The number of nitrogens with one attached hydrogen (secondary N) is 1. The van der Waals surface area contributed by atoms with Crippen LogP contribution in [0.4, 0.5) is 4.79 Å². The van der Waals surface area contributed by atoms with Gasteiger partial charge in [0.2, 0.25) is 0 Å². The molecule has 2 rings (SSSR count). The van der Waals surface area contributed by atoms with Crippen molar-refractivity contribution >= 4 is 12.1 Å². The highest BCUT2D eigenvalue weighted by Gasteiger charge is 2.23. The maximum Gasteiger partial charge on any atom is 0.407 e. The van der Waals surface area contributed by atoms with E-state index in [1.807, 2.05) is 30.3 Å². The molecule has 2 aromatic rings. The number of aromatic nitrogens is 2. The number of amides is 1. The molecule has 0 aliphatic carbocycles. The number of methoxy groups -OCH3 is 1. The molecule has 7 heteroatoms. The summed E-state index contributed by atoms with van der Waals surface area (Å²) in [5.41, 5.74) is 1.21. The predicted octanol–water partition coefficient (Wildman–Crippen LogP) is 2.86. The minimum atomic E-state index is -0.572. The number of ether oxygens (including phenoxy) is 2. The number of esters is 1. The van der Waals surface area contributed by atoms with E-state index in [4.69, 9.17) is 9.47 Å². The van der Waals surface area contributed by atoms with Crippen LogP contribution in [-0.2, 0) is 27.2 Å². The van der Waals surface area contributed by atoms with Crippen LogP contribution < -0.4 is 5.32 Å². The summed E-state index contributed by atoms with van der Waals surface area (Å²) in [6.07, 6.45) is 3.30. The Bertz CT molecular complexity index is 735. The van der Waals surface area contributed by atoms with Gasteiger partial charge in [0.05, 0.1) is 13.3 Å². The van der Waals surface area contributed by atoms with Crippen LogP contribution >= 0.6 is 0 Å². The predicted molar refractivity (Wildman–Crippen MR) is 96.5 cm³/mol. The molecule has 1 amide bonds. The third kappa shape index (κ3) is 5.91. The molecule has 1 atom stereocenters. The van der Waals surface area contributed by atoms with Gasteiger partial charge in [0.15, 0.2) is 6.04 Å². The molecule has 0 radical (unpaired) electrons. The van der Waals surface area contributed by atoms with E-state index in [1.165, 1.54) is 7.11 Å². The van der Waals surface area contributed by atoms with Gasteiger partial charge < -0.3 is 14.8 Å². The molecule has 0 aliphatic rings. The Hall–Kier alpha value is -2.83. The van der Waals surface area contributed by atoms with Crippen molar-refractivity contribution in [2.45, 2.75) is 45.4 Å².